The molecular weight excluding hydrogens is 400 g/mol. The number of ether oxygens (including phenoxy) is 1. The van der Waals surface area contributed by atoms with E-state index >= 15 is 0 Å². The van der Waals surface area contributed by atoms with Crippen molar-refractivity contribution in [2.45, 2.75) is 63.7 Å². The Hall–Kier alpha value is -1.89. The van der Waals surface area contributed by atoms with Gasteiger partial charge in [-0.05, 0) is 61.9 Å². The van der Waals surface area contributed by atoms with E-state index in [9.17, 15) is 4.79 Å². The largest absolute Gasteiger partial charge is 0.381 e. The van der Waals surface area contributed by atoms with Gasteiger partial charge in [-0.2, -0.15) is 0 Å². The van der Waals surface area contributed by atoms with E-state index in [1.165, 1.54) is 27.7 Å². The summed E-state index contributed by atoms with van der Waals surface area (Å²) in [6.45, 7) is 6.88. The zero-order valence-corrected chi connectivity index (χ0v) is 19.3. The van der Waals surface area contributed by atoms with Gasteiger partial charge in [0.1, 0.15) is 0 Å². The number of nitrogens with one attached hydrogen (secondary N) is 1. The third-order valence-electron chi connectivity index (χ3n) is 8.18. The number of likely N-dealkylation sites (tertiary alicyclic amines) is 1. The van der Waals surface area contributed by atoms with Crippen molar-refractivity contribution in [1.29, 1.82) is 0 Å². The first-order chi connectivity index (χ1) is 15.7. The topological polar surface area (TPSA) is 49.7 Å². The van der Waals surface area contributed by atoms with E-state index in [0.717, 1.165) is 84.5 Å². The molecule has 3 aliphatic heterocycles. The molecule has 0 radical (unpaired) electrons. The monoisotopic (exact) mass is 436 g/mol. The van der Waals surface area contributed by atoms with Crippen molar-refractivity contribution < 1.29 is 9.53 Å². The van der Waals surface area contributed by atoms with Gasteiger partial charge in [-0.15, -0.1) is 0 Å². The Morgan fingerprint density at radius 1 is 1.12 bits per heavy atom. The molecule has 1 aromatic carbocycles. The van der Waals surface area contributed by atoms with Crippen LogP contribution in [0.5, 0.6) is 0 Å². The fourth-order valence-electron chi connectivity index (χ4n) is 6.10. The summed E-state index contributed by atoms with van der Waals surface area (Å²) in [6.07, 6.45) is 6.77. The number of benzene rings is 1. The first-order valence-electron chi connectivity index (χ1n) is 12.6. The maximum atomic E-state index is 12.4. The molecular formula is C26H36N4O2. The van der Waals surface area contributed by atoms with Crippen LogP contribution in [0.15, 0.2) is 18.2 Å². The highest BCUT2D eigenvalue weighted by atomic mass is 16.5. The van der Waals surface area contributed by atoms with E-state index < -0.39 is 0 Å². The normalized spacial score (nSPS) is 25.3. The number of carbonyl (C=O) groups is 1. The molecule has 6 heteroatoms. The molecule has 0 bridgehead atoms. The van der Waals surface area contributed by atoms with E-state index in [0.29, 0.717) is 12.1 Å². The van der Waals surface area contributed by atoms with E-state index in [1.807, 2.05) is 0 Å². The second-order valence-corrected chi connectivity index (χ2v) is 10.4. The van der Waals surface area contributed by atoms with Gasteiger partial charge < -0.3 is 14.6 Å². The Kier molecular flexibility index (Phi) is 5.48. The van der Waals surface area contributed by atoms with Crippen LogP contribution in [0.3, 0.4) is 0 Å². The van der Waals surface area contributed by atoms with Crippen LogP contribution in [0, 0.1) is 5.92 Å². The lowest BCUT2D eigenvalue weighted by Gasteiger charge is -2.37. The van der Waals surface area contributed by atoms with Gasteiger partial charge in [0.25, 0.3) is 0 Å². The van der Waals surface area contributed by atoms with Gasteiger partial charge in [-0.3, -0.25) is 14.6 Å². The standard InChI is InChI=1S/C26H36N4O2/c1-28-24-5-2-18(15-29-10-6-19(16-29)26(31)27-20-3-4-20)14-22(24)23-17-30(11-7-25(23)28)21-8-12-32-13-9-21/h2,5,14,19-21H,3-4,6-13,15-17H2,1H3,(H,27,31). The Morgan fingerprint density at radius 3 is 2.78 bits per heavy atom. The van der Waals surface area contributed by atoms with Gasteiger partial charge in [-0.1, -0.05) is 6.07 Å². The Bertz CT molecular complexity index is 1000. The average Bonchev–Trinajstić information content (AvgIpc) is 3.44. The number of hydrogen-bond donors (Lipinski definition) is 1. The lowest BCUT2D eigenvalue weighted by Crippen LogP contribution is -2.42. The lowest BCUT2D eigenvalue weighted by atomic mass is 9.99. The predicted octanol–water partition coefficient (Wildman–Crippen LogP) is 2.82. The minimum atomic E-state index is 0.164. The molecule has 172 valence electrons. The van der Waals surface area contributed by atoms with Crippen LogP contribution in [0.4, 0.5) is 0 Å². The number of fused-ring (bicyclic) bond motifs is 3. The zero-order valence-electron chi connectivity index (χ0n) is 19.3. The second-order valence-electron chi connectivity index (χ2n) is 10.4. The van der Waals surface area contributed by atoms with Crippen LogP contribution in [-0.4, -0.2) is 65.2 Å². The molecule has 3 fully saturated rings. The highest BCUT2D eigenvalue weighted by Gasteiger charge is 2.32. The van der Waals surface area contributed by atoms with Crippen molar-refractivity contribution in [3.8, 4) is 0 Å². The molecule has 6 rings (SSSR count). The molecule has 0 spiro atoms. The number of aromatic nitrogens is 1. The SMILES string of the molecule is Cn1c2c(c3cc(CN4CCC(C(=O)NC5CC5)C4)ccc31)CN(C1CCOCC1)CC2. The van der Waals surface area contributed by atoms with E-state index in [2.05, 4.69) is 44.9 Å². The number of rotatable bonds is 5. The molecule has 1 aliphatic carbocycles. The van der Waals surface area contributed by atoms with Crippen LogP contribution < -0.4 is 5.32 Å². The number of amides is 1. The minimum absolute atomic E-state index is 0.164. The Labute approximate surface area is 190 Å². The summed E-state index contributed by atoms with van der Waals surface area (Å²) in [5, 5.41) is 4.62. The van der Waals surface area contributed by atoms with Crippen molar-refractivity contribution in [2.24, 2.45) is 13.0 Å². The number of aryl methyl sites for hydroxylation is 1. The van der Waals surface area contributed by atoms with Crippen molar-refractivity contribution >= 4 is 16.8 Å². The van der Waals surface area contributed by atoms with Gasteiger partial charge in [0.05, 0.1) is 5.92 Å². The molecule has 1 unspecified atom stereocenters. The molecule has 1 N–H and O–H groups in total. The van der Waals surface area contributed by atoms with Gasteiger partial charge in [0.15, 0.2) is 0 Å². The van der Waals surface area contributed by atoms with E-state index in [-0.39, 0.29) is 11.8 Å². The van der Waals surface area contributed by atoms with Crippen LogP contribution >= 0.6 is 0 Å². The molecule has 2 aromatic rings. The molecule has 4 heterocycles. The zero-order chi connectivity index (χ0) is 21.7. The number of carbonyl (C=O) groups excluding carboxylic acids is 1. The third-order valence-corrected chi connectivity index (χ3v) is 8.18. The highest BCUT2D eigenvalue weighted by molar-refractivity contribution is 5.86. The molecule has 1 aromatic heterocycles. The molecule has 6 nitrogen and oxygen atoms in total. The molecule has 4 aliphatic rings. The summed E-state index contributed by atoms with van der Waals surface area (Å²) < 4.78 is 8.02. The molecule has 1 atom stereocenters. The van der Waals surface area contributed by atoms with Crippen molar-refractivity contribution in [2.75, 3.05) is 32.8 Å². The summed E-state index contributed by atoms with van der Waals surface area (Å²) in [5.41, 5.74) is 5.77. The highest BCUT2D eigenvalue weighted by Crippen LogP contribution is 2.33. The summed E-state index contributed by atoms with van der Waals surface area (Å²) in [7, 11) is 2.23. The third kappa shape index (κ3) is 3.97. The maximum absolute atomic E-state index is 12.4. The van der Waals surface area contributed by atoms with Gasteiger partial charge in [-0.25, -0.2) is 0 Å². The fourth-order valence-corrected chi connectivity index (χ4v) is 6.10. The van der Waals surface area contributed by atoms with Crippen molar-refractivity contribution in [1.82, 2.24) is 19.7 Å². The molecule has 2 saturated heterocycles. The first-order valence-corrected chi connectivity index (χ1v) is 12.6. The van der Waals surface area contributed by atoms with Crippen LogP contribution in [0.1, 0.15) is 48.9 Å². The number of nitrogens with zero attached hydrogens (tertiary/aromatic N) is 3. The maximum Gasteiger partial charge on any atom is 0.224 e. The summed E-state index contributed by atoms with van der Waals surface area (Å²) in [4.78, 5) is 17.6. The van der Waals surface area contributed by atoms with Crippen molar-refractivity contribution in [3.05, 3.63) is 35.0 Å². The van der Waals surface area contributed by atoms with E-state index in [1.54, 1.807) is 0 Å². The van der Waals surface area contributed by atoms with Crippen molar-refractivity contribution in [3.63, 3.8) is 0 Å². The molecule has 32 heavy (non-hydrogen) atoms. The number of hydrogen-bond acceptors (Lipinski definition) is 4. The van der Waals surface area contributed by atoms with Crippen LogP contribution in [0.2, 0.25) is 0 Å². The van der Waals surface area contributed by atoms with Crippen LogP contribution in [0.25, 0.3) is 10.9 Å². The average molecular weight is 437 g/mol. The summed E-state index contributed by atoms with van der Waals surface area (Å²) in [6, 6.07) is 8.17. The van der Waals surface area contributed by atoms with E-state index in [4.69, 9.17) is 4.74 Å². The quantitative estimate of drug-likeness (QED) is 0.783. The lowest BCUT2D eigenvalue weighted by molar-refractivity contribution is -0.124. The first kappa shape index (κ1) is 20.7. The smallest absolute Gasteiger partial charge is 0.224 e. The van der Waals surface area contributed by atoms with Gasteiger partial charge in [0.2, 0.25) is 5.91 Å². The molecule has 1 amide bonds. The summed E-state index contributed by atoms with van der Waals surface area (Å²) in [5.74, 6) is 0.438. The van der Waals surface area contributed by atoms with Crippen LogP contribution in [-0.2, 0) is 36.1 Å². The molecule has 1 saturated carbocycles. The Balaban J connectivity index is 1.18. The summed E-state index contributed by atoms with van der Waals surface area (Å²) >= 11 is 0. The second kappa shape index (κ2) is 8.47. The minimum Gasteiger partial charge on any atom is -0.381 e. The fraction of sp³-hybridized carbons (Fsp3) is 0.654. The Morgan fingerprint density at radius 2 is 1.97 bits per heavy atom. The predicted molar refractivity (Wildman–Crippen MR) is 125 cm³/mol. The van der Waals surface area contributed by atoms with Gasteiger partial charge in [0, 0.05) is 81.5 Å². The van der Waals surface area contributed by atoms with Gasteiger partial charge >= 0.3 is 0 Å².